The average molecular weight is 339 g/mol. The van der Waals surface area contributed by atoms with Crippen molar-refractivity contribution in [2.75, 3.05) is 6.54 Å². The zero-order valence-corrected chi connectivity index (χ0v) is 14.4. The van der Waals surface area contributed by atoms with E-state index >= 15 is 0 Å². The molecule has 0 bridgehead atoms. The van der Waals surface area contributed by atoms with Gasteiger partial charge in [0.25, 0.3) is 5.91 Å². The van der Waals surface area contributed by atoms with E-state index in [4.69, 9.17) is 0 Å². The number of nitrogens with one attached hydrogen (secondary N) is 1. The maximum Gasteiger partial charge on any atom is 0.273 e. The van der Waals surface area contributed by atoms with Crippen LogP contribution in [0.3, 0.4) is 0 Å². The predicted molar refractivity (Wildman–Crippen MR) is 91.5 cm³/mol. The molecule has 25 heavy (non-hydrogen) atoms. The van der Waals surface area contributed by atoms with Crippen LogP contribution in [0, 0.1) is 6.92 Å². The van der Waals surface area contributed by atoms with Gasteiger partial charge in [0.15, 0.2) is 0 Å². The van der Waals surface area contributed by atoms with Crippen LogP contribution in [0.25, 0.3) is 0 Å². The van der Waals surface area contributed by atoms with Crippen LogP contribution in [0.15, 0.2) is 30.7 Å². The first-order valence-electron chi connectivity index (χ1n) is 8.34. The summed E-state index contributed by atoms with van der Waals surface area (Å²) in [5.41, 5.74) is 2.78. The molecule has 1 atom stereocenters. The van der Waals surface area contributed by atoms with Gasteiger partial charge in [-0.1, -0.05) is 6.07 Å². The summed E-state index contributed by atoms with van der Waals surface area (Å²) < 4.78 is 0. The van der Waals surface area contributed by atoms with Gasteiger partial charge in [-0.05, 0) is 31.4 Å². The summed E-state index contributed by atoms with van der Waals surface area (Å²) in [5, 5.41) is 2.71. The minimum absolute atomic E-state index is 0.0744. The normalized spacial score (nSPS) is 16.7. The van der Waals surface area contributed by atoms with Gasteiger partial charge in [-0.15, -0.1) is 0 Å². The van der Waals surface area contributed by atoms with Crippen LogP contribution in [0.2, 0.25) is 0 Å². The third kappa shape index (κ3) is 3.81. The molecule has 2 aromatic rings. The Kier molecular flexibility index (Phi) is 5.02. The predicted octanol–water partition coefficient (Wildman–Crippen LogP) is 1.79. The molecule has 1 fully saturated rings. The van der Waals surface area contributed by atoms with Crippen LogP contribution in [-0.2, 0) is 11.3 Å². The van der Waals surface area contributed by atoms with Gasteiger partial charge >= 0.3 is 0 Å². The smallest absolute Gasteiger partial charge is 0.273 e. The summed E-state index contributed by atoms with van der Waals surface area (Å²) in [5.74, 6) is -0.190. The second-order valence-electron chi connectivity index (χ2n) is 6.17. The van der Waals surface area contributed by atoms with Crippen LogP contribution < -0.4 is 5.32 Å². The van der Waals surface area contributed by atoms with Crippen molar-refractivity contribution in [2.24, 2.45) is 0 Å². The summed E-state index contributed by atoms with van der Waals surface area (Å²) in [6, 6.07) is 3.60. The zero-order chi connectivity index (χ0) is 17.8. The van der Waals surface area contributed by atoms with Gasteiger partial charge in [-0.25, -0.2) is 0 Å². The summed E-state index contributed by atoms with van der Waals surface area (Å²) >= 11 is 0. The van der Waals surface area contributed by atoms with Gasteiger partial charge in [0.2, 0.25) is 5.91 Å². The van der Waals surface area contributed by atoms with Gasteiger partial charge in [0.05, 0.1) is 36.4 Å². The first-order chi connectivity index (χ1) is 12.1. The maximum absolute atomic E-state index is 12.9. The van der Waals surface area contributed by atoms with Gasteiger partial charge < -0.3 is 10.2 Å². The number of hydrogen-bond acceptors (Lipinski definition) is 5. The number of carbonyl (C=O) groups excluding carboxylic acids is 2. The maximum atomic E-state index is 12.9. The fourth-order valence-corrected chi connectivity index (χ4v) is 3.05. The average Bonchev–Trinajstić information content (AvgIpc) is 3.10. The van der Waals surface area contributed by atoms with E-state index in [9.17, 15) is 9.59 Å². The molecule has 1 N–H and O–H groups in total. The van der Waals surface area contributed by atoms with Crippen molar-refractivity contribution < 1.29 is 9.59 Å². The van der Waals surface area contributed by atoms with E-state index < -0.39 is 0 Å². The zero-order valence-electron chi connectivity index (χ0n) is 14.4. The van der Waals surface area contributed by atoms with Crippen LogP contribution in [-0.4, -0.2) is 38.2 Å². The van der Waals surface area contributed by atoms with E-state index in [1.807, 2.05) is 24.0 Å². The SMILES string of the molecule is CC(=O)NCc1cncc([C@H]2CCCN2C(=O)c2ncccc2C)n1. The van der Waals surface area contributed by atoms with Crippen LogP contribution in [0.5, 0.6) is 0 Å². The monoisotopic (exact) mass is 339 g/mol. The van der Waals surface area contributed by atoms with Crippen LogP contribution in [0.4, 0.5) is 0 Å². The number of likely N-dealkylation sites (tertiary alicyclic amines) is 1. The molecule has 1 aliphatic rings. The van der Waals surface area contributed by atoms with Crippen molar-refractivity contribution >= 4 is 11.8 Å². The number of rotatable bonds is 4. The highest BCUT2D eigenvalue weighted by Crippen LogP contribution is 2.32. The summed E-state index contributed by atoms with van der Waals surface area (Å²) in [4.78, 5) is 38.9. The lowest BCUT2D eigenvalue weighted by molar-refractivity contribution is -0.119. The van der Waals surface area contributed by atoms with Crippen molar-refractivity contribution in [3.63, 3.8) is 0 Å². The first kappa shape index (κ1) is 17.0. The molecule has 0 unspecified atom stereocenters. The molecule has 0 aliphatic carbocycles. The summed E-state index contributed by atoms with van der Waals surface area (Å²) in [6.45, 7) is 4.36. The number of aromatic nitrogens is 3. The van der Waals surface area contributed by atoms with Gasteiger partial charge in [0, 0.05) is 19.7 Å². The van der Waals surface area contributed by atoms with Crippen LogP contribution >= 0.6 is 0 Å². The quantitative estimate of drug-likeness (QED) is 0.917. The molecular formula is C18H21N5O2. The molecule has 2 aromatic heterocycles. The van der Waals surface area contributed by atoms with E-state index in [1.165, 1.54) is 6.92 Å². The van der Waals surface area contributed by atoms with Crippen molar-refractivity contribution in [3.05, 3.63) is 53.4 Å². The third-order valence-corrected chi connectivity index (χ3v) is 4.29. The Morgan fingerprint density at radius 3 is 2.96 bits per heavy atom. The molecule has 7 heteroatoms. The number of hydrogen-bond donors (Lipinski definition) is 1. The minimum Gasteiger partial charge on any atom is -0.351 e. The van der Waals surface area contributed by atoms with Gasteiger partial charge in [-0.2, -0.15) is 0 Å². The number of aryl methyl sites for hydroxylation is 1. The number of amides is 2. The van der Waals surface area contributed by atoms with Crippen molar-refractivity contribution in [2.45, 2.75) is 39.3 Å². The second-order valence-corrected chi connectivity index (χ2v) is 6.17. The molecule has 1 aliphatic heterocycles. The van der Waals surface area contributed by atoms with Crippen LogP contribution in [0.1, 0.15) is 53.2 Å². The fourth-order valence-electron chi connectivity index (χ4n) is 3.05. The standard InChI is InChI=1S/C18H21N5O2/c1-12-5-3-7-20-17(12)18(25)23-8-4-6-16(23)15-11-19-9-14(22-15)10-21-13(2)24/h3,5,7,9,11,16H,4,6,8,10H2,1-2H3,(H,21,24)/t16-/m1/s1. The van der Waals surface area contributed by atoms with E-state index in [1.54, 1.807) is 18.6 Å². The Morgan fingerprint density at radius 2 is 2.20 bits per heavy atom. The number of nitrogens with zero attached hydrogens (tertiary/aromatic N) is 4. The Bertz CT molecular complexity index is 793. The fraction of sp³-hybridized carbons (Fsp3) is 0.389. The largest absolute Gasteiger partial charge is 0.351 e. The number of carbonyl (C=O) groups is 2. The Labute approximate surface area is 146 Å². The molecule has 1 saturated heterocycles. The van der Waals surface area contributed by atoms with E-state index in [2.05, 4.69) is 20.3 Å². The molecule has 3 rings (SSSR count). The molecule has 7 nitrogen and oxygen atoms in total. The molecule has 130 valence electrons. The van der Waals surface area contributed by atoms with Crippen molar-refractivity contribution in [1.29, 1.82) is 0 Å². The molecule has 0 spiro atoms. The summed E-state index contributed by atoms with van der Waals surface area (Å²) in [7, 11) is 0. The third-order valence-electron chi connectivity index (χ3n) is 4.29. The van der Waals surface area contributed by atoms with Gasteiger partial charge in [-0.3, -0.25) is 24.5 Å². The molecule has 0 saturated carbocycles. The molecule has 0 radical (unpaired) electrons. The van der Waals surface area contributed by atoms with E-state index in [-0.39, 0.29) is 17.9 Å². The van der Waals surface area contributed by atoms with Crippen molar-refractivity contribution in [1.82, 2.24) is 25.2 Å². The summed E-state index contributed by atoms with van der Waals surface area (Å²) in [6.07, 6.45) is 6.72. The molecule has 2 amide bonds. The Hall–Kier alpha value is -2.83. The van der Waals surface area contributed by atoms with E-state index in [0.29, 0.717) is 24.5 Å². The first-order valence-corrected chi connectivity index (χ1v) is 8.34. The van der Waals surface area contributed by atoms with Gasteiger partial charge in [0.1, 0.15) is 5.69 Å². The number of pyridine rings is 1. The molecular weight excluding hydrogens is 318 g/mol. The lowest BCUT2D eigenvalue weighted by Crippen LogP contribution is -2.32. The van der Waals surface area contributed by atoms with E-state index in [0.717, 1.165) is 24.1 Å². The Morgan fingerprint density at radius 1 is 1.36 bits per heavy atom. The lowest BCUT2D eigenvalue weighted by atomic mass is 10.1. The topological polar surface area (TPSA) is 88.1 Å². The molecule has 0 aromatic carbocycles. The highest BCUT2D eigenvalue weighted by atomic mass is 16.2. The lowest BCUT2D eigenvalue weighted by Gasteiger charge is -2.24. The highest BCUT2D eigenvalue weighted by Gasteiger charge is 2.33. The molecule has 3 heterocycles. The highest BCUT2D eigenvalue weighted by molar-refractivity contribution is 5.94. The van der Waals surface area contributed by atoms with Crippen molar-refractivity contribution in [3.8, 4) is 0 Å². The minimum atomic E-state index is -0.115. The second kappa shape index (κ2) is 7.38. The Balaban J connectivity index is 1.82.